The molecule has 1 saturated heterocycles. The Bertz CT molecular complexity index is 1000. The summed E-state index contributed by atoms with van der Waals surface area (Å²) < 4.78 is 0. The van der Waals surface area contributed by atoms with Gasteiger partial charge in [0.2, 0.25) is 0 Å². The Labute approximate surface area is 202 Å². The Balaban J connectivity index is 0.000000186. The van der Waals surface area contributed by atoms with Crippen molar-refractivity contribution in [2.24, 2.45) is 11.8 Å². The number of fused-ring (bicyclic) bond motifs is 1. The standard InChI is InChI=1S/C21H29NO.C8H8O3/c23-17-8-7-16-12-20-18-6-1-2-9-21(18,19(16)13-17)10-11-22(20)14-15-4-3-5-15;9-7(8(10)11)6-4-2-1-3-5-6/h7-8,13,15,18,20,23H,1-6,9-12,14H2;1-5,7,9H,(H,10,11)/t18-,20-,21-;7-/m10/s1. The molecule has 1 aliphatic heterocycles. The number of aliphatic hydroxyl groups is 1. The van der Waals surface area contributed by atoms with Gasteiger partial charge in [0.1, 0.15) is 5.75 Å². The van der Waals surface area contributed by atoms with E-state index in [0.29, 0.717) is 16.7 Å². The number of likely N-dealkylation sites (tertiary alicyclic amines) is 1. The summed E-state index contributed by atoms with van der Waals surface area (Å²) in [7, 11) is 0. The first-order valence-electron chi connectivity index (χ1n) is 13.0. The largest absolute Gasteiger partial charge is 0.508 e. The number of aromatic hydroxyl groups is 1. The van der Waals surface area contributed by atoms with Crippen molar-refractivity contribution < 1.29 is 20.1 Å². The maximum atomic E-state index is 10.2. The quantitative estimate of drug-likeness (QED) is 0.591. The van der Waals surface area contributed by atoms with Gasteiger partial charge in [-0.3, -0.25) is 4.90 Å². The van der Waals surface area contributed by atoms with Gasteiger partial charge in [-0.15, -0.1) is 0 Å². The number of carbonyl (C=O) groups is 1. The van der Waals surface area contributed by atoms with E-state index < -0.39 is 12.1 Å². The molecule has 0 spiro atoms. The normalized spacial score (nSPS) is 29.0. The van der Waals surface area contributed by atoms with Crippen LogP contribution in [0.1, 0.15) is 74.2 Å². The first-order valence-corrected chi connectivity index (χ1v) is 13.0. The Morgan fingerprint density at radius 2 is 1.82 bits per heavy atom. The van der Waals surface area contributed by atoms with Gasteiger partial charge in [-0.2, -0.15) is 0 Å². The van der Waals surface area contributed by atoms with Crippen molar-refractivity contribution in [3.63, 3.8) is 0 Å². The van der Waals surface area contributed by atoms with E-state index in [1.54, 1.807) is 30.3 Å². The molecule has 182 valence electrons. The second kappa shape index (κ2) is 9.71. The van der Waals surface area contributed by atoms with E-state index in [1.807, 2.05) is 6.07 Å². The maximum Gasteiger partial charge on any atom is 0.337 e. The third-order valence-electron chi connectivity index (χ3n) is 9.00. The minimum Gasteiger partial charge on any atom is -0.508 e. The molecule has 34 heavy (non-hydrogen) atoms. The number of phenolic OH excluding ortho intramolecular Hbond substituents is 1. The average Bonchev–Trinajstić information content (AvgIpc) is 2.83. The number of rotatable bonds is 4. The zero-order valence-corrected chi connectivity index (χ0v) is 19.9. The minimum atomic E-state index is -1.41. The van der Waals surface area contributed by atoms with Crippen molar-refractivity contribution in [1.29, 1.82) is 0 Å². The van der Waals surface area contributed by atoms with Crippen LogP contribution in [0.3, 0.4) is 0 Å². The molecule has 3 N–H and O–H groups in total. The van der Waals surface area contributed by atoms with E-state index >= 15 is 0 Å². The molecule has 4 atom stereocenters. The molecule has 1 heterocycles. The lowest BCUT2D eigenvalue weighted by Crippen LogP contribution is -2.61. The summed E-state index contributed by atoms with van der Waals surface area (Å²) in [5, 5.41) is 27.5. The van der Waals surface area contributed by atoms with Crippen LogP contribution in [0, 0.1) is 11.8 Å². The zero-order valence-electron chi connectivity index (χ0n) is 19.9. The van der Waals surface area contributed by atoms with Gasteiger partial charge in [-0.1, -0.05) is 55.7 Å². The van der Waals surface area contributed by atoms with Crippen LogP contribution in [-0.2, 0) is 16.6 Å². The number of hydrogen-bond acceptors (Lipinski definition) is 4. The average molecular weight is 464 g/mol. The number of nitrogens with zero attached hydrogens (tertiary/aromatic N) is 1. The number of benzene rings is 2. The van der Waals surface area contributed by atoms with E-state index in [1.165, 1.54) is 82.0 Å². The number of aliphatic carboxylic acids is 1. The summed E-state index contributed by atoms with van der Waals surface area (Å²) in [6.07, 6.45) is 11.0. The van der Waals surface area contributed by atoms with Gasteiger partial charge >= 0.3 is 5.97 Å². The Hall–Kier alpha value is -2.37. The summed E-state index contributed by atoms with van der Waals surface area (Å²) in [5.74, 6) is 1.06. The Morgan fingerprint density at radius 3 is 2.53 bits per heavy atom. The molecule has 5 heteroatoms. The summed E-state index contributed by atoms with van der Waals surface area (Å²) in [6, 6.07) is 15.3. The highest BCUT2D eigenvalue weighted by molar-refractivity contribution is 5.73. The molecule has 0 amide bonds. The van der Waals surface area contributed by atoms with E-state index in [9.17, 15) is 9.90 Å². The second-order valence-electron chi connectivity index (χ2n) is 10.8. The van der Waals surface area contributed by atoms with Gasteiger partial charge in [0.25, 0.3) is 0 Å². The van der Waals surface area contributed by atoms with Gasteiger partial charge in [0.15, 0.2) is 6.10 Å². The molecule has 0 aromatic heterocycles. The third-order valence-corrected chi connectivity index (χ3v) is 9.00. The molecule has 2 aromatic rings. The SMILES string of the molecule is O=C(O)[C@@H](O)c1ccccc1.Oc1ccc2c(c1)[C@@]13CCCC[C@@H]1[C@@H](C2)N(CC1CCC1)CC3. The fraction of sp³-hybridized carbons (Fsp3) is 0.552. The van der Waals surface area contributed by atoms with Crippen molar-refractivity contribution in [3.8, 4) is 5.75 Å². The highest BCUT2D eigenvalue weighted by Gasteiger charge is 2.53. The predicted octanol–water partition coefficient (Wildman–Crippen LogP) is 5.06. The van der Waals surface area contributed by atoms with Crippen LogP contribution in [0.15, 0.2) is 48.5 Å². The highest BCUT2D eigenvalue weighted by Crippen LogP contribution is 2.56. The number of carboxylic acid groups (broad SMARTS) is 1. The lowest BCUT2D eigenvalue weighted by atomic mass is 9.52. The van der Waals surface area contributed by atoms with Gasteiger partial charge in [-0.05, 0) is 85.7 Å². The molecule has 5 nitrogen and oxygen atoms in total. The van der Waals surface area contributed by atoms with Crippen LogP contribution in [0.25, 0.3) is 0 Å². The van der Waals surface area contributed by atoms with Crippen molar-refractivity contribution in [1.82, 2.24) is 4.90 Å². The van der Waals surface area contributed by atoms with Gasteiger partial charge < -0.3 is 15.3 Å². The lowest BCUT2D eigenvalue weighted by molar-refractivity contribution is -0.146. The third kappa shape index (κ3) is 4.36. The smallest absolute Gasteiger partial charge is 0.337 e. The van der Waals surface area contributed by atoms with Crippen molar-refractivity contribution in [2.75, 3.05) is 13.1 Å². The molecule has 2 bridgehead atoms. The second-order valence-corrected chi connectivity index (χ2v) is 10.8. The number of hydrogen-bond donors (Lipinski definition) is 3. The minimum absolute atomic E-state index is 0.380. The number of phenols is 1. The first kappa shape index (κ1) is 23.4. The Kier molecular flexibility index (Phi) is 6.67. The lowest BCUT2D eigenvalue weighted by Gasteiger charge is -2.59. The summed E-state index contributed by atoms with van der Waals surface area (Å²) in [6.45, 7) is 2.64. The van der Waals surface area contributed by atoms with Crippen molar-refractivity contribution in [3.05, 3.63) is 65.2 Å². The summed E-state index contributed by atoms with van der Waals surface area (Å²) in [5.41, 5.74) is 3.83. The topological polar surface area (TPSA) is 81.0 Å². The molecule has 0 radical (unpaired) electrons. The van der Waals surface area contributed by atoms with Gasteiger partial charge in [-0.25, -0.2) is 4.79 Å². The van der Waals surface area contributed by atoms with E-state index in [-0.39, 0.29) is 0 Å². The molecule has 6 rings (SSSR count). The van der Waals surface area contributed by atoms with E-state index in [4.69, 9.17) is 10.2 Å². The van der Waals surface area contributed by atoms with Crippen molar-refractivity contribution >= 4 is 5.97 Å². The molecule has 4 aliphatic rings. The van der Waals surface area contributed by atoms with E-state index in [2.05, 4.69) is 17.0 Å². The van der Waals surface area contributed by atoms with Crippen LogP contribution in [0.5, 0.6) is 5.75 Å². The highest BCUT2D eigenvalue weighted by atomic mass is 16.4. The number of aliphatic hydroxyl groups excluding tert-OH is 1. The molecular weight excluding hydrogens is 426 g/mol. The summed E-state index contributed by atoms with van der Waals surface area (Å²) in [4.78, 5) is 13.1. The predicted molar refractivity (Wildman–Crippen MR) is 132 cm³/mol. The van der Waals surface area contributed by atoms with Crippen LogP contribution in [0.2, 0.25) is 0 Å². The molecule has 2 saturated carbocycles. The van der Waals surface area contributed by atoms with Crippen LogP contribution in [0.4, 0.5) is 0 Å². The monoisotopic (exact) mass is 463 g/mol. The summed E-state index contributed by atoms with van der Waals surface area (Å²) >= 11 is 0. The fourth-order valence-electron chi connectivity index (χ4n) is 7.08. The van der Waals surface area contributed by atoms with Gasteiger partial charge in [0, 0.05) is 18.0 Å². The molecule has 3 aliphatic carbocycles. The maximum absolute atomic E-state index is 10.2. The van der Waals surface area contributed by atoms with Crippen LogP contribution in [-0.4, -0.2) is 45.3 Å². The number of carboxylic acids is 1. The first-order chi connectivity index (χ1) is 16.5. The molecular formula is C29H37NO4. The fourth-order valence-corrected chi connectivity index (χ4v) is 7.08. The Morgan fingerprint density at radius 1 is 1.03 bits per heavy atom. The van der Waals surface area contributed by atoms with Crippen LogP contribution < -0.4 is 0 Å². The van der Waals surface area contributed by atoms with E-state index in [0.717, 1.165) is 17.9 Å². The molecule has 2 aromatic carbocycles. The van der Waals surface area contributed by atoms with Crippen LogP contribution >= 0.6 is 0 Å². The number of piperidine rings is 1. The van der Waals surface area contributed by atoms with Crippen molar-refractivity contribution in [2.45, 2.75) is 75.3 Å². The van der Waals surface area contributed by atoms with Gasteiger partial charge in [0.05, 0.1) is 0 Å². The zero-order chi connectivity index (χ0) is 23.7. The molecule has 0 unspecified atom stereocenters. The molecule has 3 fully saturated rings.